The molecule has 1 aromatic rings. The van der Waals surface area contributed by atoms with Crippen molar-refractivity contribution in [3.63, 3.8) is 0 Å². The molecule has 0 aromatic carbocycles. The molecule has 1 saturated carbocycles. The van der Waals surface area contributed by atoms with E-state index in [1.165, 1.54) is 0 Å². The quantitative estimate of drug-likeness (QED) is 0.737. The fourth-order valence-corrected chi connectivity index (χ4v) is 2.86. The zero-order chi connectivity index (χ0) is 13.5. The van der Waals surface area contributed by atoms with Crippen LogP contribution >= 0.6 is 11.3 Å². The second kappa shape index (κ2) is 4.24. The minimum absolute atomic E-state index is 0.172. The summed E-state index contributed by atoms with van der Waals surface area (Å²) in [6.07, 6.45) is 0. The van der Waals surface area contributed by atoms with Gasteiger partial charge in [0, 0.05) is 11.1 Å². The first kappa shape index (κ1) is 12.8. The van der Waals surface area contributed by atoms with Crippen molar-refractivity contribution in [3.8, 4) is 0 Å². The van der Waals surface area contributed by atoms with E-state index in [0.717, 1.165) is 11.3 Å². The average Bonchev–Trinajstić information content (AvgIpc) is 2.63. The van der Waals surface area contributed by atoms with Crippen molar-refractivity contribution in [1.82, 2.24) is 10.3 Å². The highest BCUT2D eigenvalue weighted by Crippen LogP contribution is 2.58. The van der Waals surface area contributed by atoms with Gasteiger partial charge in [-0.05, 0) is 5.41 Å². The summed E-state index contributed by atoms with van der Waals surface area (Å²) in [5.74, 6) is -2.34. The van der Waals surface area contributed by atoms with Crippen molar-refractivity contribution in [2.24, 2.45) is 17.3 Å². The van der Waals surface area contributed by atoms with Crippen molar-refractivity contribution < 1.29 is 14.7 Å². The minimum Gasteiger partial charge on any atom is -0.481 e. The second-order valence-electron chi connectivity index (χ2n) is 5.01. The third-order valence-corrected chi connectivity index (χ3v) is 4.12. The van der Waals surface area contributed by atoms with E-state index in [0.29, 0.717) is 5.69 Å². The number of nitrogens with one attached hydrogen (secondary N) is 2. The molecule has 1 aliphatic rings. The predicted octanol–water partition coefficient (Wildman–Crippen LogP) is 0.409. The first-order valence-electron chi connectivity index (χ1n) is 5.51. The first-order valence-corrected chi connectivity index (χ1v) is 6.39. The molecule has 0 radical (unpaired) electrons. The minimum atomic E-state index is -0.941. The van der Waals surface area contributed by atoms with Gasteiger partial charge < -0.3 is 15.4 Å². The summed E-state index contributed by atoms with van der Waals surface area (Å²) in [6, 6.07) is 0. The van der Waals surface area contributed by atoms with E-state index in [9.17, 15) is 14.4 Å². The van der Waals surface area contributed by atoms with Crippen LogP contribution in [-0.4, -0.2) is 22.0 Å². The van der Waals surface area contributed by atoms with Crippen LogP contribution in [0.2, 0.25) is 0 Å². The lowest BCUT2D eigenvalue weighted by Crippen LogP contribution is -2.27. The monoisotopic (exact) mass is 270 g/mol. The number of hydrogen-bond donors (Lipinski definition) is 3. The molecule has 0 bridgehead atoms. The predicted molar refractivity (Wildman–Crippen MR) is 65.2 cm³/mol. The number of H-pyrrole nitrogens is 1. The van der Waals surface area contributed by atoms with E-state index >= 15 is 0 Å². The van der Waals surface area contributed by atoms with Gasteiger partial charge in [0.05, 0.1) is 18.4 Å². The number of aliphatic carboxylic acids is 1. The van der Waals surface area contributed by atoms with Gasteiger partial charge in [0.15, 0.2) is 0 Å². The first-order chi connectivity index (χ1) is 8.34. The number of thiazole rings is 1. The molecular formula is C11H14N2O4S. The summed E-state index contributed by atoms with van der Waals surface area (Å²) in [6.45, 7) is 3.75. The van der Waals surface area contributed by atoms with Gasteiger partial charge in [-0.3, -0.25) is 14.4 Å². The maximum absolute atomic E-state index is 11.9. The highest BCUT2D eigenvalue weighted by Gasteiger charge is 2.65. The molecular weight excluding hydrogens is 256 g/mol. The molecule has 1 heterocycles. The Kier molecular flexibility index (Phi) is 3.02. The lowest BCUT2D eigenvalue weighted by molar-refractivity contribution is -0.140. The number of carbonyl (C=O) groups is 2. The van der Waals surface area contributed by atoms with Gasteiger partial charge in [-0.1, -0.05) is 25.2 Å². The lowest BCUT2D eigenvalue weighted by Gasteiger charge is -2.04. The van der Waals surface area contributed by atoms with Crippen LogP contribution in [0.4, 0.5) is 0 Å². The van der Waals surface area contributed by atoms with E-state index in [2.05, 4.69) is 10.3 Å². The molecule has 1 amide bonds. The third kappa shape index (κ3) is 2.17. The molecule has 0 unspecified atom stereocenters. The summed E-state index contributed by atoms with van der Waals surface area (Å²) >= 11 is 1.03. The Morgan fingerprint density at radius 2 is 2.17 bits per heavy atom. The maximum Gasteiger partial charge on any atom is 0.307 e. The third-order valence-electron chi connectivity index (χ3n) is 3.40. The second-order valence-corrected chi connectivity index (χ2v) is 5.85. The fourth-order valence-electron chi connectivity index (χ4n) is 2.28. The van der Waals surface area contributed by atoms with Crippen LogP contribution in [0.25, 0.3) is 0 Å². The molecule has 7 heteroatoms. The summed E-state index contributed by atoms with van der Waals surface area (Å²) in [5.41, 5.74) is 0.126. The van der Waals surface area contributed by atoms with Crippen LogP contribution in [-0.2, 0) is 16.1 Å². The number of carbonyl (C=O) groups excluding carboxylic acids is 1. The normalized spacial score (nSPS) is 24.6. The van der Waals surface area contributed by atoms with Crippen LogP contribution in [0.1, 0.15) is 19.5 Å². The zero-order valence-corrected chi connectivity index (χ0v) is 10.8. The van der Waals surface area contributed by atoms with Crippen molar-refractivity contribution in [2.75, 3.05) is 0 Å². The largest absolute Gasteiger partial charge is 0.481 e. The molecule has 0 spiro atoms. The van der Waals surface area contributed by atoms with Gasteiger partial charge in [0.1, 0.15) is 0 Å². The fraction of sp³-hybridized carbons (Fsp3) is 0.545. The number of aromatic nitrogens is 1. The standard InChI is InChI=1S/C11H14N2O4S/c1-11(2)6(7(11)9(15)16)8(14)12-3-5-4-18-10(17)13-5/h4,6-7H,3H2,1-2H3,(H,12,14)(H,13,17)(H,15,16)/t6-,7+/m1/s1. The lowest BCUT2D eigenvalue weighted by atomic mass is 10.1. The highest BCUT2D eigenvalue weighted by atomic mass is 32.1. The van der Waals surface area contributed by atoms with Crippen molar-refractivity contribution in [3.05, 3.63) is 20.7 Å². The van der Waals surface area contributed by atoms with Crippen LogP contribution < -0.4 is 10.2 Å². The van der Waals surface area contributed by atoms with Crippen molar-refractivity contribution >= 4 is 23.2 Å². The maximum atomic E-state index is 11.9. The zero-order valence-electron chi connectivity index (χ0n) is 10.0. The molecule has 1 aliphatic carbocycles. The number of carboxylic acid groups (broad SMARTS) is 1. The molecule has 0 aliphatic heterocycles. The summed E-state index contributed by atoms with van der Waals surface area (Å²) < 4.78 is 0. The molecule has 2 rings (SSSR count). The number of hydrogen-bond acceptors (Lipinski definition) is 4. The van der Waals surface area contributed by atoms with Gasteiger partial charge >= 0.3 is 10.8 Å². The number of aromatic amines is 1. The number of carboxylic acids is 1. The molecule has 1 fully saturated rings. The Balaban J connectivity index is 1.94. The van der Waals surface area contributed by atoms with Gasteiger partial charge in [-0.2, -0.15) is 0 Å². The Hall–Kier alpha value is -1.63. The van der Waals surface area contributed by atoms with E-state index < -0.39 is 23.2 Å². The van der Waals surface area contributed by atoms with Crippen LogP contribution in [0.3, 0.4) is 0 Å². The highest BCUT2D eigenvalue weighted by molar-refractivity contribution is 7.07. The van der Waals surface area contributed by atoms with E-state index in [4.69, 9.17) is 5.11 Å². The summed E-state index contributed by atoms with van der Waals surface area (Å²) in [4.78, 5) is 36.1. The Morgan fingerprint density at radius 1 is 1.50 bits per heavy atom. The van der Waals surface area contributed by atoms with Crippen LogP contribution in [0, 0.1) is 17.3 Å². The van der Waals surface area contributed by atoms with Crippen LogP contribution in [0.5, 0.6) is 0 Å². The van der Waals surface area contributed by atoms with Crippen molar-refractivity contribution in [2.45, 2.75) is 20.4 Å². The van der Waals surface area contributed by atoms with E-state index in [-0.39, 0.29) is 17.3 Å². The molecule has 2 atom stereocenters. The van der Waals surface area contributed by atoms with Gasteiger partial charge in [-0.15, -0.1) is 0 Å². The average molecular weight is 270 g/mol. The number of amides is 1. The van der Waals surface area contributed by atoms with Crippen molar-refractivity contribution in [1.29, 1.82) is 0 Å². The van der Waals surface area contributed by atoms with Gasteiger partial charge in [0.25, 0.3) is 0 Å². The molecule has 6 nitrogen and oxygen atoms in total. The molecule has 3 N–H and O–H groups in total. The Morgan fingerprint density at radius 3 is 2.61 bits per heavy atom. The van der Waals surface area contributed by atoms with Gasteiger partial charge in [0.2, 0.25) is 5.91 Å². The SMILES string of the molecule is CC1(C)[C@H](C(=O)O)[C@@H]1C(=O)NCc1csc(=O)[nH]1. The Bertz CT molecular complexity index is 545. The van der Waals surface area contributed by atoms with Gasteiger partial charge in [-0.25, -0.2) is 0 Å². The molecule has 18 heavy (non-hydrogen) atoms. The van der Waals surface area contributed by atoms with E-state index in [1.54, 1.807) is 19.2 Å². The topological polar surface area (TPSA) is 99.3 Å². The molecule has 98 valence electrons. The molecule has 1 aromatic heterocycles. The number of rotatable bonds is 4. The molecule has 0 saturated heterocycles. The summed E-state index contributed by atoms with van der Waals surface area (Å²) in [7, 11) is 0. The smallest absolute Gasteiger partial charge is 0.307 e. The van der Waals surface area contributed by atoms with E-state index in [1.807, 2.05) is 0 Å². The van der Waals surface area contributed by atoms with Crippen LogP contribution in [0.15, 0.2) is 10.2 Å². The summed E-state index contributed by atoms with van der Waals surface area (Å²) in [5, 5.41) is 13.3. The Labute approximate surface area is 107 Å².